The largest absolute Gasteiger partial charge is 0.452 e. The molecule has 7 heteroatoms. The van der Waals surface area contributed by atoms with Crippen LogP contribution in [0.15, 0.2) is 18.2 Å². The highest BCUT2D eigenvalue weighted by atomic mass is 16.5. The van der Waals surface area contributed by atoms with E-state index < -0.39 is 5.97 Å². The first-order valence-electron chi connectivity index (χ1n) is 9.80. The molecule has 4 rings (SSSR count). The summed E-state index contributed by atoms with van der Waals surface area (Å²) in [6.07, 6.45) is 7.29. The Balaban J connectivity index is 1.36. The molecule has 2 fully saturated rings. The molecule has 1 aliphatic carbocycles. The van der Waals surface area contributed by atoms with Crippen LogP contribution in [0.25, 0.3) is 0 Å². The second-order valence-electron chi connectivity index (χ2n) is 7.55. The van der Waals surface area contributed by atoms with Crippen LogP contribution in [0.3, 0.4) is 0 Å². The second kappa shape index (κ2) is 7.58. The third-order valence-electron chi connectivity index (χ3n) is 5.66. The summed E-state index contributed by atoms with van der Waals surface area (Å²) in [5.74, 6) is -0.854. The lowest BCUT2D eigenvalue weighted by Crippen LogP contribution is -2.43. The summed E-state index contributed by atoms with van der Waals surface area (Å²) < 4.78 is 5.16. The van der Waals surface area contributed by atoms with Crippen molar-refractivity contribution in [3.63, 3.8) is 0 Å². The molecule has 144 valence electrons. The van der Waals surface area contributed by atoms with Crippen LogP contribution >= 0.6 is 0 Å². The normalized spacial score (nSPS) is 21.9. The third-order valence-corrected chi connectivity index (χ3v) is 5.66. The van der Waals surface area contributed by atoms with Gasteiger partial charge >= 0.3 is 5.97 Å². The van der Waals surface area contributed by atoms with E-state index in [9.17, 15) is 14.4 Å². The summed E-state index contributed by atoms with van der Waals surface area (Å²) >= 11 is 0. The minimum absolute atomic E-state index is 0.0302. The molecule has 1 saturated heterocycles. The van der Waals surface area contributed by atoms with E-state index in [-0.39, 0.29) is 30.5 Å². The monoisotopic (exact) mass is 371 g/mol. The van der Waals surface area contributed by atoms with Crippen LogP contribution < -0.4 is 15.5 Å². The van der Waals surface area contributed by atoms with Gasteiger partial charge in [0, 0.05) is 12.6 Å². The molecule has 1 aromatic rings. The number of fused-ring (bicyclic) bond motifs is 3. The number of carbonyl (C=O) groups is 3. The highest BCUT2D eigenvalue weighted by Gasteiger charge is 2.36. The summed E-state index contributed by atoms with van der Waals surface area (Å²) in [4.78, 5) is 38.6. The average molecular weight is 371 g/mol. The van der Waals surface area contributed by atoms with Gasteiger partial charge in [-0.3, -0.25) is 9.59 Å². The van der Waals surface area contributed by atoms with Crippen LogP contribution in [0.1, 0.15) is 55.3 Å². The first kappa shape index (κ1) is 17.8. The maximum Gasteiger partial charge on any atom is 0.338 e. The van der Waals surface area contributed by atoms with Crippen molar-refractivity contribution in [2.24, 2.45) is 0 Å². The Hall–Kier alpha value is -2.57. The predicted octanol–water partition coefficient (Wildman–Crippen LogP) is 2.21. The number of hydrogen-bond acceptors (Lipinski definition) is 5. The SMILES string of the molecule is O=C(COC(=O)c1ccc2c(c1)NC(=O)[C@@H]1CCCN21)NC1CCCCC1. The zero-order chi connectivity index (χ0) is 18.8. The van der Waals surface area contributed by atoms with Gasteiger partial charge in [0.25, 0.3) is 5.91 Å². The fourth-order valence-electron chi connectivity index (χ4n) is 4.29. The molecular weight excluding hydrogens is 346 g/mol. The number of benzene rings is 1. The van der Waals surface area contributed by atoms with Crippen LogP contribution in [0.2, 0.25) is 0 Å². The molecule has 1 aromatic carbocycles. The molecule has 1 atom stereocenters. The zero-order valence-electron chi connectivity index (χ0n) is 15.3. The molecular formula is C20H25N3O4. The standard InChI is InChI=1S/C20H25N3O4/c24-18(21-14-5-2-1-3-6-14)12-27-20(26)13-8-9-16-15(11-13)22-19(25)17-7-4-10-23(16)17/h8-9,11,14,17H,1-7,10,12H2,(H,21,24)(H,22,25)/t17-/m0/s1. The smallest absolute Gasteiger partial charge is 0.338 e. The van der Waals surface area contributed by atoms with Crippen LogP contribution in [0.4, 0.5) is 11.4 Å². The molecule has 1 saturated carbocycles. The van der Waals surface area contributed by atoms with E-state index in [1.807, 2.05) is 6.07 Å². The number of anilines is 2. The molecule has 2 aliphatic heterocycles. The fourth-order valence-corrected chi connectivity index (χ4v) is 4.29. The number of ether oxygens (including phenoxy) is 1. The lowest BCUT2D eigenvalue weighted by Gasteiger charge is -2.33. The molecule has 3 aliphatic rings. The minimum atomic E-state index is -0.561. The van der Waals surface area contributed by atoms with Crippen molar-refractivity contribution >= 4 is 29.2 Å². The lowest BCUT2D eigenvalue weighted by atomic mass is 9.95. The molecule has 2 N–H and O–H groups in total. The Labute approximate surface area is 158 Å². The highest BCUT2D eigenvalue weighted by Crippen LogP contribution is 2.37. The van der Waals surface area contributed by atoms with Crippen LogP contribution in [0, 0.1) is 0 Å². The Morgan fingerprint density at radius 1 is 1.15 bits per heavy atom. The van der Waals surface area contributed by atoms with Crippen molar-refractivity contribution in [1.29, 1.82) is 0 Å². The van der Waals surface area contributed by atoms with E-state index in [0.29, 0.717) is 11.3 Å². The topological polar surface area (TPSA) is 87.7 Å². The Kier molecular flexibility index (Phi) is 5.01. The quantitative estimate of drug-likeness (QED) is 0.793. The van der Waals surface area contributed by atoms with Crippen molar-refractivity contribution in [2.45, 2.75) is 57.0 Å². The van der Waals surface area contributed by atoms with Gasteiger partial charge in [0.2, 0.25) is 5.91 Å². The van der Waals surface area contributed by atoms with Gasteiger partial charge < -0.3 is 20.3 Å². The molecule has 0 unspecified atom stereocenters. The number of esters is 1. The molecule has 0 radical (unpaired) electrons. The first-order valence-corrected chi connectivity index (χ1v) is 9.80. The maximum absolute atomic E-state index is 12.3. The van der Waals surface area contributed by atoms with E-state index in [0.717, 1.165) is 50.8 Å². The van der Waals surface area contributed by atoms with Crippen molar-refractivity contribution in [3.8, 4) is 0 Å². The number of amides is 2. The van der Waals surface area contributed by atoms with E-state index in [2.05, 4.69) is 15.5 Å². The first-order chi connectivity index (χ1) is 13.1. The number of carbonyl (C=O) groups excluding carboxylic acids is 3. The number of rotatable bonds is 4. The minimum Gasteiger partial charge on any atom is -0.452 e. The van der Waals surface area contributed by atoms with E-state index in [4.69, 9.17) is 4.74 Å². The molecule has 27 heavy (non-hydrogen) atoms. The van der Waals surface area contributed by atoms with Gasteiger partial charge in [-0.2, -0.15) is 0 Å². The summed E-state index contributed by atoms with van der Waals surface area (Å²) in [5.41, 5.74) is 1.89. The summed E-state index contributed by atoms with van der Waals surface area (Å²) in [6, 6.07) is 5.23. The van der Waals surface area contributed by atoms with E-state index in [1.54, 1.807) is 12.1 Å². The van der Waals surface area contributed by atoms with Crippen molar-refractivity contribution in [2.75, 3.05) is 23.4 Å². The van der Waals surface area contributed by atoms with Gasteiger partial charge in [-0.05, 0) is 43.9 Å². The van der Waals surface area contributed by atoms with Crippen LogP contribution in [-0.4, -0.2) is 43.0 Å². The van der Waals surface area contributed by atoms with Gasteiger partial charge in [-0.15, -0.1) is 0 Å². The molecule has 0 spiro atoms. The summed E-state index contributed by atoms with van der Waals surface area (Å²) in [5, 5.41) is 5.80. The van der Waals surface area contributed by atoms with Crippen molar-refractivity contribution in [3.05, 3.63) is 23.8 Å². The van der Waals surface area contributed by atoms with Gasteiger partial charge in [-0.25, -0.2) is 4.79 Å². The van der Waals surface area contributed by atoms with Crippen molar-refractivity contribution in [1.82, 2.24) is 5.32 Å². The Bertz CT molecular complexity index is 758. The molecule has 2 amide bonds. The number of nitrogens with one attached hydrogen (secondary N) is 2. The van der Waals surface area contributed by atoms with Crippen LogP contribution in [0.5, 0.6) is 0 Å². The van der Waals surface area contributed by atoms with Crippen LogP contribution in [-0.2, 0) is 14.3 Å². The van der Waals surface area contributed by atoms with E-state index in [1.165, 1.54) is 6.42 Å². The number of nitrogens with zero attached hydrogens (tertiary/aromatic N) is 1. The Morgan fingerprint density at radius 3 is 2.78 bits per heavy atom. The van der Waals surface area contributed by atoms with E-state index >= 15 is 0 Å². The van der Waals surface area contributed by atoms with Gasteiger partial charge in [0.15, 0.2) is 6.61 Å². The van der Waals surface area contributed by atoms with Gasteiger partial charge in [0.05, 0.1) is 16.9 Å². The zero-order valence-corrected chi connectivity index (χ0v) is 15.3. The molecule has 0 aromatic heterocycles. The molecule has 7 nitrogen and oxygen atoms in total. The fraction of sp³-hybridized carbons (Fsp3) is 0.550. The van der Waals surface area contributed by atoms with Gasteiger partial charge in [-0.1, -0.05) is 19.3 Å². The number of hydrogen-bond donors (Lipinski definition) is 2. The molecule has 0 bridgehead atoms. The molecule has 2 heterocycles. The lowest BCUT2D eigenvalue weighted by molar-refractivity contribution is -0.125. The summed E-state index contributed by atoms with van der Waals surface area (Å²) in [7, 11) is 0. The predicted molar refractivity (Wildman–Crippen MR) is 101 cm³/mol. The maximum atomic E-state index is 12.3. The Morgan fingerprint density at radius 2 is 1.96 bits per heavy atom. The second-order valence-corrected chi connectivity index (χ2v) is 7.55. The average Bonchev–Trinajstić information content (AvgIpc) is 3.17. The van der Waals surface area contributed by atoms with Gasteiger partial charge in [0.1, 0.15) is 6.04 Å². The van der Waals surface area contributed by atoms with Crippen molar-refractivity contribution < 1.29 is 19.1 Å². The summed E-state index contributed by atoms with van der Waals surface area (Å²) in [6.45, 7) is 0.559. The highest BCUT2D eigenvalue weighted by molar-refractivity contribution is 6.05. The third kappa shape index (κ3) is 3.77.